The number of hydrazine groups is 1. The first-order chi connectivity index (χ1) is 7.20. The minimum absolute atomic E-state index is 0.0815. The highest BCUT2D eigenvalue weighted by molar-refractivity contribution is 5.83. The maximum Gasteiger partial charge on any atom is 0.241 e. The lowest BCUT2D eigenvalue weighted by molar-refractivity contribution is -0.123. The number of carbonyl (C=O) groups excluding carboxylic acids is 1. The van der Waals surface area contributed by atoms with Crippen molar-refractivity contribution in [3.63, 3.8) is 0 Å². The molecule has 0 aliphatic rings. The lowest BCUT2D eigenvalue weighted by Gasteiger charge is -2.14. The second-order valence-electron chi connectivity index (χ2n) is 3.20. The molecular formula is C11H16N2O2. The molecule has 1 aromatic rings. The summed E-state index contributed by atoms with van der Waals surface area (Å²) in [7, 11) is 3.26. The van der Waals surface area contributed by atoms with Crippen LogP contribution >= 0.6 is 0 Å². The average molecular weight is 208 g/mol. The van der Waals surface area contributed by atoms with Crippen LogP contribution in [0.25, 0.3) is 0 Å². The summed E-state index contributed by atoms with van der Waals surface area (Å²) in [6.45, 7) is 1.84. The summed E-state index contributed by atoms with van der Waals surface area (Å²) < 4.78 is 5.19. The summed E-state index contributed by atoms with van der Waals surface area (Å²) in [5.41, 5.74) is 6.05. The van der Waals surface area contributed by atoms with Crippen molar-refractivity contribution in [2.75, 3.05) is 14.2 Å². The molecule has 0 aliphatic carbocycles. The number of ether oxygens (including phenoxy) is 1. The maximum atomic E-state index is 11.6. The van der Waals surface area contributed by atoms with E-state index in [1.54, 1.807) is 14.2 Å². The van der Waals surface area contributed by atoms with Gasteiger partial charge in [-0.1, -0.05) is 18.2 Å². The van der Waals surface area contributed by atoms with Gasteiger partial charge in [0.2, 0.25) is 5.91 Å². The Bertz CT molecular complexity index is 339. The summed E-state index contributed by atoms with van der Waals surface area (Å²) >= 11 is 0. The zero-order valence-electron chi connectivity index (χ0n) is 9.20. The van der Waals surface area contributed by atoms with Crippen LogP contribution in [0.5, 0.6) is 5.75 Å². The van der Waals surface area contributed by atoms with Crippen molar-refractivity contribution in [3.05, 3.63) is 29.8 Å². The minimum atomic E-state index is -0.242. The number of para-hydroxylation sites is 1. The molecule has 1 rings (SSSR count). The van der Waals surface area contributed by atoms with Gasteiger partial charge in [-0.3, -0.25) is 10.2 Å². The Balaban J connectivity index is 2.89. The normalized spacial score (nSPS) is 11.9. The number of benzene rings is 1. The smallest absolute Gasteiger partial charge is 0.241 e. The third kappa shape index (κ3) is 2.70. The highest BCUT2D eigenvalue weighted by Gasteiger charge is 2.17. The zero-order valence-corrected chi connectivity index (χ0v) is 9.20. The number of hydrogen-bond donors (Lipinski definition) is 2. The number of rotatable bonds is 4. The summed E-state index contributed by atoms with van der Waals surface area (Å²) in [5.74, 6) is 0.409. The molecule has 0 spiro atoms. The van der Waals surface area contributed by atoms with Gasteiger partial charge in [-0.25, -0.2) is 5.43 Å². The summed E-state index contributed by atoms with van der Waals surface area (Å²) in [4.78, 5) is 11.6. The van der Waals surface area contributed by atoms with E-state index in [4.69, 9.17) is 4.74 Å². The topological polar surface area (TPSA) is 50.4 Å². The molecule has 4 nitrogen and oxygen atoms in total. The van der Waals surface area contributed by atoms with E-state index in [2.05, 4.69) is 10.9 Å². The van der Waals surface area contributed by atoms with Crippen LogP contribution in [-0.4, -0.2) is 20.1 Å². The molecule has 0 saturated heterocycles. The SMILES string of the molecule is CNNC(=O)C(C)c1ccccc1OC. The van der Waals surface area contributed by atoms with Crippen molar-refractivity contribution in [3.8, 4) is 5.75 Å². The van der Waals surface area contributed by atoms with Crippen molar-refractivity contribution in [2.24, 2.45) is 0 Å². The minimum Gasteiger partial charge on any atom is -0.496 e. The van der Waals surface area contributed by atoms with E-state index in [0.29, 0.717) is 0 Å². The Morgan fingerprint density at radius 2 is 2.07 bits per heavy atom. The summed E-state index contributed by atoms with van der Waals surface area (Å²) in [5, 5.41) is 0. The molecular weight excluding hydrogens is 192 g/mol. The molecule has 0 fully saturated rings. The van der Waals surface area contributed by atoms with Crippen LogP contribution in [0.2, 0.25) is 0 Å². The molecule has 0 bridgehead atoms. The van der Waals surface area contributed by atoms with Crippen LogP contribution in [-0.2, 0) is 4.79 Å². The van der Waals surface area contributed by atoms with Crippen LogP contribution in [0, 0.1) is 0 Å². The molecule has 1 unspecified atom stereocenters. The second kappa shape index (κ2) is 5.36. The van der Waals surface area contributed by atoms with E-state index in [1.165, 1.54) is 0 Å². The van der Waals surface area contributed by atoms with E-state index in [0.717, 1.165) is 11.3 Å². The number of carbonyl (C=O) groups is 1. The predicted molar refractivity (Wildman–Crippen MR) is 58.6 cm³/mol. The molecule has 1 aromatic carbocycles. The van der Waals surface area contributed by atoms with Gasteiger partial charge < -0.3 is 4.74 Å². The number of amides is 1. The first-order valence-electron chi connectivity index (χ1n) is 4.80. The van der Waals surface area contributed by atoms with Gasteiger partial charge >= 0.3 is 0 Å². The third-order valence-electron chi connectivity index (χ3n) is 2.25. The summed E-state index contributed by atoms with van der Waals surface area (Å²) in [6, 6.07) is 7.50. The van der Waals surface area contributed by atoms with Crippen molar-refractivity contribution in [1.29, 1.82) is 0 Å². The lowest BCUT2D eigenvalue weighted by atomic mass is 9.99. The van der Waals surface area contributed by atoms with E-state index >= 15 is 0 Å². The van der Waals surface area contributed by atoms with Gasteiger partial charge in [-0.2, -0.15) is 0 Å². The fourth-order valence-corrected chi connectivity index (χ4v) is 1.40. The highest BCUT2D eigenvalue weighted by Crippen LogP contribution is 2.25. The molecule has 0 aliphatic heterocycles. The Morgan fingerprint density at radius 1 is 1.40 bits per heavy atom. The largest absolute Gasteiger partial charge is 0.496 e. The van der Waals surface area contributed by atoms with Gasteiger partial charge in [0.25, 0.3) is 0 Å². The Labute approximate surface area is 89.6 Å². The Morgan fingerprint density at radius 3 is 2.67 bits per heavy atom. The standard InChI is InChI=1S/C11H16N2O2/c1-8(11(14)13-12-2)9-6-4-5-7-10(9)15-3/h4-8,12H,1-3H3,(H,13,14). The van der Waals surface area contributed by atoms with Crippen LogP contribution in [0.15, 0.2) is 24.3 Å². The summed E-state index contributed by atoms with van der Waals surface area (Å²) in [6.07, 6.45) is 0. The molecule has 15 heavy (non-hydrogen) atoms. The molecule has 2 N–H and O–H groups in total. The highest BCUT2D eigenvalue weighted by atomic mass is 16.5. The molecule has 0 heterocycles. The van der Waals surface area contributed by atoms with Crippen LogP contribution in [0.4, 0.5) is 0 Å². The van der Waals surface area contributed by atoms with E-state index in [9.17, 15) is 4.79 Å². The van der Waals surface area contributed by atoms with Crippen molar-refractivity contribution in [1.82, 2.24) is 10.9 Å². The van der Waals surface area contributed by atoms with Crippen LogP contribution in [0.1, 0.15) is 18.4 Å². The zero-order chi connectivity index (χ0) is 11.3. The van der Waals surface area contributed by atoms with Gasteiger partial charge in [0, 0.05) is 12.6 Å². The lowest BCUT2D eigenvalue weighted by Crippen LogP contribution is -2.37. The molecule has 0 saturated carbocycles. The molecule has 1 amide bonds. The Kier molecular flexibility index (Phi) is 4.12. The average Bonchev–Trinajstić information content (AvgIpc) is 2.28. The van der Waals surface area contributed by atoms with Gasteiger partial charge in [-0.15, -0.1) is 0 Å². The van der Waals surface area contributed by atoms with Crippen molar-refractivity contribution < 1.29 is 9.53 Å². The maximum absolute atomic E-state index is 11.6. The fourth-order valence-electron chi connectivity index (χ4n) is 1.40. The number of methoxy groups -OCH3 is 1. The van der Waals surface area contributed by atoms with Crippen LogP contribution < -0.4 is 15.6 Å². The van der Waals surface area contributed by atoms with E-state index < -0.39 is 0 Å². The van der Waals surface area contributed by atoms with Crippen molar-refractivity contribution in [2.45, 2.75) is 12.8 Å². The predicted octanol–water partition coefficient (Wildman–Crippen LogP) is 1.05. The molecule has 82 valence electrons. The van der Waals surface area contributed by atoms with Gasteiger partial charge in [0.05, 0.1) is 13.0 Å². The molecule has 1 atom stereocenters. The van der Waals surface area contributed by atoms with Crippen molar-refractivity contribution >= 4 is 5.91 Å². The molecule has 0 radical (unpaired) electrons. The van der Waals surface area contributed by atoms with Gasteiger partial charge in [0.1, 0.15) is 5.75 Å². The van der Waals surface area contributed by atoms with Crippen LogP contribution in [0.3, 0.4) is 0 Å². The molecule has 0 aromatic heterocycles. The van der Waals surface area contributed by atoms with E-state index in [1.807, 2.05) is 31.2 Å². The van der Waals surface area contributed by atoms with Gasteiger partial charge in [0.15, 0.2) is 0 Å². The van der Waals surface area contributed by atoms with Gasteiger partial charge in [-0.05, 0) is 13.0 Å². The quantitative estimate of drug-likeness (QED) is 0.727. The Hall–Kier alpha value is -1.55. The second-order valence-corrected chi connectivity index (χ2v) is 3.20. The number of hydrogen-bond acceptors (Lipinski definition) is 3. The third-order valence-corrected chi connectivity index (χ3v) is 2.25. The first kappa shape index (κ1) is 11.5. The fraction of sp³-hybridized carbons (Fsp3) is 0.364. The first-order valence-corrected chi connectivity index (χ1v) is 4.80. The molecule has 4 heteroatoms. The number of nitrogens with one attached hydrogen (secondary N) is 2. The van der Waals surface area contributed by atoms with E-state index in [-0.39, 0.29) is 11.8 Å². The monoisotopic (exact) mass is 208 g/mol.